The molecule has 0 atom stereocenters. The molecule has 4 fully saturated rings. The number of halogens is 1. The standard InChI is InChI=1S/C18H21FN2/c19-17-2-1-11(4-16(17)9-20)10-21-18-14-5-12-3-13(7-14)8-15(18)6-12/h1-2,4,12-15,18,21H,3,5-8,10H2. The Labute approximate surface area is 125 Å². The largest absolute Gasteiger partial charge is 0.309 e. The topological polar surface area (TPSA) is 35.8 Å². The fraction of sp³-hybridized carbons (Fsp3) is 0.611. The lowest BCUT2D eigenvalue weighted by Crippen LogP contribution is -2.54. The lowest BCUT2D eigenvalue weighted by atomic mass is 9.54. The summed E-state index contributed by atoms with van der Waals surface area (Å²) in [5.74, 6) is 3.24. The smallest absolute Gasteiger partial charge is 0.140 e. The van der Waals surface area contributed by atoms with E-state index in [1.54, 1.807) is 12.1 Å². The first kappa shape index (κ1) is 13.3. The number of rotatable bonds is 3. The fourth-order valence-electron chi connectivity index (χ4n) is 5.26. The molecule has 4 saturated carbocycles. The fourth-order valence-corrected chi connectivity index (χ4v) is 5.26. The zero-order chi connectivity index (χ0) is 14.4. The lowest BCUT2D eigenvalue weighted by Gasteiger charge is -2.54. The second-order valence-electron chi connectivity index (χ2n) is 7.26. The van der Waals surface area contributed by atoms with E-state index in [2.05, 4.69) is 5.32 Å². The highest BCUT2D eigenvalue weighted by Crippen LogP contribution is 2.53. The Morgan fingerprint density at radius 1 is 1.10 bits per heavy atom. The summed E-state index contributed by atoms with van der Waals surface area (Å²) in [6.45, 7) is 0.752. The van der Waals surface area contributed by atoms with Gasteiger partial charge in [0.1, 0.15) is 11.9 Å². The molecular weight excluding hydrogens is 263 g/mol. The Balaban J connectivity index is 1.44. The molecular formula is C18H21FN2. The minimum absolute atomic E-state index is 0.152. The van der Waals surface area contributed by atoms with Crippen LogP contribution in [0.2, 0.25) is 0 Å². The summed E-state index contributed by atoms with van der Waals surface area (Å²) in [5.41, 5.74) is 1.17. The average Bonchev–Trinajstić information content (AvgIpc) is 2.47. The molecule has 0 aliphatic heterocycles. The van der Waals surface area contributed by atoms with Crippen LogP contribution >= 0.6 is 0 Å². The first-order chi connectivity index (χ1) is 10.2. The molecule has 1 aromatic rings. The first-order valence-corrected chi connectivity index (χ1v) is 8.15. The van der Waals surface area contributed by atoms with Crippen LogP contribution in [-0.2, 0) is 6.54 Å². The van der Waals surface area contributed by atoms with E-state index in [-0.39, 0.29) is 5.56 Å². The van der Waals surface area contributed by atoms with Crippen molar-refractivity contribution in [2.24, 2.45) is 23.7 Å². The number of nitriles is 1. The van der Waals surface area contributed by atoms with Gasteiger partial charge in [-0.2, -0.15) is 5.26 Å². The third-order valence-electron chi connectivity index (χ3n) is 5.92. The van der Waals surface area contributed by atoms with Gasteiger partial charge >= 0.3 is 0 Å². The van der Waals surface area contributed by atoms with Gasteiger partial charge in [0.15, 0.2) is 0 Å². The summed E-state index contributed by atoms with van der Waals surface area (Å²) >= 11 is 0. The van der Waals surface area contributed by atoms with E-state index in [4.69, 9.17) is 5.26 Å². The molecule has 1 aromatic carbocycles. The Bertz CT molecular complexity index is 561. The maximum atomic E-state index is 13.4. The number of nitrogens with zero attached hydrogens (tertiary/aromatic N) is 1. The molecule has 2 nitrogen and oxygen atoms in total. The molecule has 0 saturated heterocycles. The monoisotopic (exact) mass is 284 g/mol. The van der Waals surface area contributed by atoms with Crippen LogP contribution in [0.4, 0.5) is 4.39 Å². The summed E-state index contributed by atoms with van der Waals surface area (Å²) in [7, 11) is 0. The Morgan fingerprint density at radius 3 is 2.38 bits per heavy atom. The highest BCUT2D eigenvalue weighted by molar-refractivity contribution is 5.34. The molecule has 5 rings (SSSR count). The Kier molecular flexibility index (Phi) is 3.23. The van der Waals surface area contributed by atoms with Gasteiger partial charge in [-0.25, -0.2) is 4.39 Å². The molecule has 0 amide bonds. The van der Waals surface area contributed by atoms with Gasteiger partial charge < -0.3 is 5.32 Å². The third kappa shape index (κ3) is 2.36. The Hall–Kier alpha value is -1.40. The van der Waals surface area contributed by atoms with Crippen molar-refractivity contribution >= 4 is 0 Å². The number of hydrogen-bond acceptors (Lipinski definition) is 2. The van der Waals surface area contributed by atoms with Gasteiger partial charge in [0, 0.05) is 12.6 Å². The van der Waals surface area contributed by atoms with Gasteiger partial charge in [-0.3, -0.25) is 0 Å². The first-order valence-electron chi connectivity index (χ1n) is 8.15. The van der Waals surface area contributed by atoms with E-state index in [0.717, 1.165) is 35.8 Å². The van der Waals surface area contributed by atoms with E-state index in [0.29, 0.717) is 6.04 Å². The van der Waals surface area contributed by atoms with E-state index < -0.39 is 5.82 Å². The molecule has 0 unspecified atom stereocenters. The molecule has 0 heterocycles. The predicted octanol–water partition coefficient (Wildman–Crippen LogP) is 3.61. The van der Waals surface area contributed by atoms with Gasteiger partial charge in [-0.15, -0.1) is 0 Å². The Morgan fingerprint density at radius 2 is 1.76 bits per heavy atom. The van der Waals surface area contributed by atoms with Crippen molar-refractivity contribution in [3.8, 4) is 6.07 Å². The minimum atomic E-state index is -0.420. The van der Waals surface area contributed by atoms with Crippen molar-refractivity contribution < 1.29 is 4.39 Å². The molecule has 4 aliphatic carbocycles. The molecule has 21 heavy (non-hydrogen) atoms. The number of benzene rings is 1. The second kappa shape index (κ2) is 5.10. The highest BCUT2D eigenvalue weighted by Gasteiger charge is 2.47. The zero-order valence-electron chi connectivity index (χ0n) is 12.2. The van der Waals surface area contributed by atoms with Crippen LogP contribution < -0.4 is 5.32 Å². The third-order valence-corrected chi connectivity index (χ3v) is 5.92. The highest BCUT2D eigenvalue weighted by atomic mass is 19.1. The van der Waals surface area contributed by atoms with Gasteiger partial charge in [0.05, 0.1) is 5.56 Å². The summed E-state index contributed by atoms with van der Waals surface area (Å²) in [4.78, 5) is 0. The van der Waals surface area contributed by atoms with E-state index in [1.165, 1.54) is 38.2 Å². The summed E-state index contributed by atoms with van der Waals surface area (Å²) in [6, 6.07) is 7.43. The average molecular weight is 284 g/mol. The maximum absolute atomic E-state index is 13.4. The van der Waals surface area contributed by atoms with Gasteiger partial charge in [0.2, 0.25) is 0 Å². The molecule has 0 spiro atoms. The molecule has 110 valence electrons. The summed E-state index contributed by atoms with van der Waals surface area (Å²) in [5, 5.41) is 12.6. The van der Waals surface area contributed by atoms with Crippen LogP contribution in [0.25, 0.3) is 0 Å². The second-order valence-corrected chi connectivity index (χ2v) is 7.26. The van der Waals surface area contributed by atoms with Crippen molar-refractivity contribution in [3.63, 3.8) is 0 Å². The van der Waals surface area contributed by atoms with Crippen molar-refractivity contribution in [1.29, 1.82) is 5.26 Å². The van der Waals surface area contributed by atoms with Crippen LogP contribution in [0.15, 0.2) is 18.2 Å². The molecule has 4 aliphatic rings. The van der Waals surface area contributed by atoms with Crippen LogP contribution in [0.5, 0.6) is 0 Å². The molecule has 0 radical (unpaired) electrons. The van der Waals surface area contributed by atoms with Crippen LogP contribution in [-0.4, -0.2) is 6.04 Å². The van der Waals surface area contributed by atoms with Crippen molar-refractivity contribution in [1.82, 2.24) is 5.32 Å². The SMILES string of the molecule is N#Cc1cc(CNC2C3CC4CC(C3)CC2C4)ccc1F. The molecule has 3 heteroatoms. The minimum Gasteiger partial charge on any atom is -0.309 e. The van der Waals surface area contributed by atoms with Crippen molar-refractivity contribution in [2.45, 2.75) is 44.7 Å². The normalized spacial score (nSPS) is 36.7. The van der Waals surface area contributed by atoms with E-state index in [9.17, 15) is 4.39 Å². The van der Waals surface area contributed by atoms with E-state index >= 15 is 0 Å². The van der Waals surface area contributed by atoms with Gasteiger partial charge in [-0.05, 0) is 73.5 Å². The number of nitrogens with one attached hydrogen (secondary N) is 1. The lowest BCUT2D eigenvalue weighted by molar-refractivity contribution is -0.0142. The van der Waals surface area contributed by atoms with Crippen LogP contribution in [0, 0.1) is 40.8 Å². The van der Waals surface area contributed by atoms with Gasteiger partial charge in [-0.1, -0.05) is 6.07 Å². The number of hydrogen-bond donors (Lipinski definition) is 1. The van der Waals surface area contributed by atoms with Crippen molar-refractivity contribution in [3.05, 3.63) is 35.1 Å². The quantitative estimate of drug-likeness (QED) is 0.920. The van der Waals surface area contributed by atoms with E-state index in [1.807, 2.05) is 6.07 Å². The predicted molar refractivity (Wildman–Crippen MR) is 78.8 cm³/mol. The van der Waals surface area contributed by atoms with Crippen LogP contribution in [0.3, 0.4) is 0 Å². The maximum Gasteiger partial charge on any atom is 0.140 e. The molecule has 1 N–H and O–H groups in total. The summed E-state index contributed by atoms with van der Waals surface area (Å²) < 4.78 is 13.4. The molecule has 4 bridgehead atoms. The van der Waals surface area contributed by atoms with Crippen LogP contribution in [0.1, 0.15) is 43.2 Å². The van der Waals surface area contributed by atoms with Gasteiger partial charge in [0.25, 0.3) is 0 Å². The zero-order valence-corrected chi connectivity index (χ0v) is 12.2. The van der Waals surface area contributed by atoms with Crippen molar-refractivity contribution in [2.75, 3.05) is 0 Å². The molecule has 0 aromatic heterocycles. The summed E-state index contributed by atoms with van der Waals surface area (Å²) in [6.07, 6.45) is 7.08.